The molecule has 6 heteroatoms. The van der Waals surface area contributed by atoms with E-state index in [1.807, 2.05) is 37.3 Å². The maximum Gasteiger partial charge on any atom is 0.364 e. The van der Waals surface area contributed by atoms with Gasteiger partial charge in [0, 0.05) is 5.56 Å². The summed E-state index contributed by atoms with van der Waals surface area (Å²) < 4.78 is 5.35. The second-order valence-electron chi connectivity index (χ2n) is 6.45. The van der Waals surface area contributed by atoms with E-state index >= 15 is 0 Å². The number of Topliss-reactive ketones (excluding diaryl/α,β-unsaturated/α-hetero) is 1. The van der Waals surface area contributed by atoms with Gasteiger partial charge in [-0.15, -0.1) is 0 Å². The summed E-state index contributed by atoms with van der Waals surface area (Å²) >= 11 is 0. The average Bonchev–Trinajstić information content (AvgIpc) is 2.75. The molecule has 0 saturated carbocycles. The van der Waals surface area contributed by atoms with Crippen molar-refractivity contribution in [2.75, 3.05) is 5.43 Å². The number of ketones is 1. The van der Waals surface area contributed by atoms with Crippen LogP contribution in [0.2, 0.25) is 0 Å². The fourth-order valence-electron chi connectivity index (χ4n) is 2.79. The van der Waals surface area contributed by atoms with Gasteiger partial charge in [0.15, 0.2) is 17.0 Å². The van der Waals surface area contributed by atoms with Gasteiger partial charge in [0.05, 0.1) is 5.69 Å². The van der Waals surface area contributed by atoms with Gasteiger partial charge in [-0.25, -0.2) is 9.78 Å². The van der Waals surface area contributed by atoms with E-state index in [1.165, 1.54) is 0 Å². The Morgan fingerprint density at radius 3 is 2.38 bits per heavy atom. The molecule has 0 saturated heterocycles. The highest BCUT2D eigenvalue weighted by Crippen LogP contribution is 2.13. The van der Waals surface area contributed by atoms with Crippen LogP contribution in [-0.4, -0.2) is 16.5 Å². The van der Waals surface area contributed by atoms with Gasteiger partial charge in [-0.05, 0) is 31.2 Å². The number of hydrogen-bond donors (Lipinski definition) is 1. The molecule has 0 bridgehead atoms. The van der Waals surface area contributed by atoms with Crippen LogP contribution in [0.4, 0.5) is 5.69 Å². The Morgan fingerprint density at radius 1 is 0.931 bits per heavy atom. The number of aryl methyl sites for hydroxylation is 1. The zero-order valence-electron chi connectivity index (χ0n) is 15.6. The van der Waals surface area contributed by atoms with E-state index in [0.29, 0.717) is 22.4 Å². The van der Waals surface area contributed by atoms with E-state index in [9.17, 15) is 9.59 Å². The predicted octanol–water partition coefficient (Wildman–Crippen LogP) is 4.20. The molecule has 0 amide bonds. The molecule has 0 aliphatic carbocycles. The number of rotatable bonds is 5. The normalized spacial score (nSPS) is 11.4. The molecule has 0 radical (unpaired) electrons. The van der Waals surface area contributed by atoms with Gasteiger partial charge >= 0.3 is 5.63 Å². The Morgan fingerprint density at radius 2 is 1.62 bits per heavy atom. The smallest absolute Gasteiger partial charge is 0.364 e. The van der Waals surface area contributed by atoms with Gasteiger partial charge in [-0.1, -0.05) is 60.2 Å². The maximum atomic E-state index is 13.2. The molecule has 0 unspecified atom stereocenters. The van der Waals surface area contributed by atoms with Crippen LogP contribution >= 0.6 is 0 Å². The predicted molar refractivity (Wildman–Crippen MR) is 112 cm³/mol. The first-order valence-electron chi connectivity index (χ1n) is 9.02. The van der Waals surface area contributed by atoms with Crippen molar-refractivity contribution in [1.29, 1.82) is 0 Å². The molecule has 4 aromatic rings. The number of anilines is 1. The molecule has 6 nitrogen and oxygen atoms in total. The third-order valence-corrected chi connectivity index (χ3v) is 4.32. The number of fused-ring (bicyclic) bond motifs is 1. The molecule has 1 heterocycles. The fourth-order valence-corrected chi connectivity index (χ4v) is 2.79. The van der Waals surface area contributed by atoms with Crippen LogP contribution in [-0.2, 0) is 0 Å². The van der Waals surface area contributed by atoms with Gasteiger partial charge in [0.1, 0.15) is 5.52 Å². The standard InChI is InChI=1S/C23H17N3O3/c1-15-11-13-16(14-12-15)22(27)20(26-25-17-7-3-2-4-8-17)21-23(28)29-19-10-6-5-9-18(19)24-21/h2-14,25H,1H3/b26-20-. The SMILES string of the molecule is Cc1ccc(C(=O)/C(=N\Nc2ccccc2)c2nc3ccccc3oc2=O)cc1. The molecule has 29 heavy (non-hydrogen) atoms. The van der Waals surface area contributed by atoms with Crippen molar-refractivity contribution in [2.24, 2.45) is 5.10 Å². The third kappa shape index (κ3) is 3.96. The molecule has 142 valence electrons. The first-order valence-corrected chi connectivity index (χ1v) is 9.02. The summed E-state index contributed by atoms with van der Waals surface area (Å²) in [6.07, 6.45) is 0. The number of hydrazone groups is 1. The van der Waals surface area contributed by atoms with E-state index in [4.69, 9.17) is 4.42 Å². The number of carbonyl (C=O) groups excluding carboxylic acids is 1. The van der Waals surface area contributed by atoms with E-state index in [2.05, 4.69) is 15.5 Å². The minimum atomic E-state index is -0.724. The molecule has 1 N–H and O–H groups in total. The Kier molecular flexibility index (Phi) is 4.99. The second-order valence-corrected chi connectivity index (χ2v) is 6.45. The van der Waals surface area contributed by atoms with Crippen LogP contribution in [0.5, 0.6) is 0 Å². The molecule has 1 aromatic heterocycles. The number of carbonyl (C=O) groups is 1. The van der Waals surface area contributed by atoms with Crippen molar-refractivity contribution in [3.8, 4) is 0 Å². The first-order chi connectivity index (χ1) is 14.1. The monoisotopic (exact) mass is 383 g/mol. The number of para-hydroxylation sites is 3. The van der Waals surface area contributed by atoms with Gasteiger partial charge in [0.25, 0.3) is 0 Å². The quantitative estimate of drug-likeness (QED) is 0.317. The first kappa shape index (κ1) is 18.3. The molecular formula is C23H17N3O3. The van der Waals surface area contributed by atoms with E-state index in [-0.39, 0.29) is 11.4 Å². The average molecular weight is 383 g/mol. The van der Waals surface area contributed by atoms with Crippen molar-refractivity contribution < 1.29 is 9.21 Å². The van der Waals surface area contributed by atoms with Crippen LogP contribution in [0.3, 0.4) is 0 Å². The van der Waals surface area contributed by atoms with Crippen LogP contribution in [0.25, 0.3) is 11.1 Å². The van der Waals surface area contributed by atoms with E-state index < -0.39 is 11.4 Å². The zero-order chi connectivity index (χ0) is 20.2. The second kappa shape index (κ2) is 7.90. The maximum absolute atomic E-state index is 13.2. The summed E-state index contributed by atoms with van der Waals surface area (Å²) in [7, 11) is 0. The largest absolute Gasteiger partial charge is 0.419 e. The summed E-state index contributed by atoms with van der Waals surface area (Å²) in [6.45, 7) is 1.93. The lowest BCUT2D eigenvalue weighted by molar-refractivity contribution is 0.106. The van der Waals surface area contributed by atoms with Crippen LogP contribution in [0, 0.1) is 6.92 Å². The molecule has 0 aliphatic rings. The highest BCUT2D eigenvalue weighted by Gasteiger charge is 2.23. The number of nitrogens with zero attached hydrogens (tertiary/aromatic N) is 2. The lowest BCUT2D eigenvalue weighted by Crippen LogP contribution is -2.26. The molecule has 0 fully saturated rings. The molecule has 0 aliphatic heterocycles. The lowest BCUT2D eigenvalue weighted by Gasteiger charge is -2.07. The number of nitrogens with one attached hydrogen (secondary N) is 1. The van der Waals surface area contributed by atoms with Gasteiger partial charge < -0.3 is 4.42 Å². The van der Waals surface area contributed by atoms with Gasteiger partial charge in [0.2, 0.25) is 5.78 Å². The summed E-state index contributed by atoms with van der Waals surface area (Å²) in [5.74, 6) is -0.427. The van der Waals surface area contributed by atoms with Gasteiger partial charge in [-0.2, -0.15) is 5.10 Å². The highest BCUT2D eigenvalue weighted by molar-refractivity contribution is 6.51. The molecule has 0 atom stereocenters. The summed E-state index contributed by atoms with van der Waals surface area (Å²) in [4.78, 5) is 30.1. The van der Waals surface area contributed by atoms with Crippen molar-refractivity contribution in [1.82, 2.24) is 4.98 Å². The Hall–Kier alpha value is -4.06. The Labute approximate surface area is 166 Å². The zero-order valence-corrected chi connectivity index (χ0v) is 15.6. The van der Waals surface area contributed by atoms with Crippen molar-refractivity contribution in [3.63, 3.8) is 0 Å². The number of benzene rings is 3. The van der Waals surface area contributed by atoms with Crippen LogP contribution in [0.1, 0.15) is 21.6 Å². The molecule has 4 rings (SSSR count). The number of aromatic nitrogens is 1. The highest BCUT2D eigenvalue weighted by atomic mass is 16.4. The minimum absolute atomic E-state index is 0.114. The molecule has 0 spiro atoms. The molecule has 3 aromatic carbocycles. The lowest BCUT2D eigenvalue weighted by atomic mass is 10.0. The summed E-state index contributed by atoms with van der Waals surface area (Å²) in [5.41, 5.74) is 4.75. The Balaban J connectivity index is 1.83. The van der Waals surface area contributed by atoms with Gasteiger partial charge in [-0.3, -0.25) is 10.2 Å². The summed E-state index contributed by atoms with van der Waals surface area (Å²) in [5, 5.41) is 4.23. The van der Waals surface area contributed by atoms with E-state index in [0.717, 1.165) is 5.56 Å². The fraction of sp³-hybridized carbons (Fsp3) is 0.0435. The van der Waals surface area contributed by atoms with Crippen molar-refractivity contribution in [2.45, 2.75) is 6.92 Å². The Bertz CT molecular complexity index is 1260. The van der Waals surface area contributed by atoms with E-state index in [1.54, 1.807) is 48.5 Å². The van der Waals surface area contributed by atoms with Crippen LogP contribution < -0.4 is 11.1 Å². The van der Waals surface area contributed by atoms with Crippen molar-refractivity contribution >= 4 is 28.3 Å². The minimum Gasteiger partial charge on any atom is -0.419 e. The topological polar surface area (TPSA) is 84.6 Å². The number of hydrogen-bond acceptors (Lipinski definition) is 6. The molecular weight excluding hydrogens is 366 g/mol. The van der Waals surface area contributed by atoms with Crippen LogP contribution in [0.15, 0.2) is 93.2 Å². The van der Waals surface area contributed by atoms with Crippen molar-refractivity contribution in [3.05, 3.63) is 106 Å². The third-order valence-electron chi connectivity index (χ3n) is 4.32. The summed E-state index contributed by atoms with van der Waals surface area (Å²) in [6, 6.07) is 23.1.